The topological polar surface area (TPSA) is 45.6 Å². The average Bonchev–Trinajstić information content (AvgIpc) is 2.99. The van der Waals surface area contributed by atoms with Gasteiger partial charge in [-0.15, -0.1) is 11.3 Å². The van der Waals surface area contributed by atoms with E-state index in [2.05, 4.69) is 15.8 Å². The first-order valence-corrected chi connectivity index (χ1v) is 6.85. The van der Waals surface area contributed by atoms with E-state index >= 15 is 0 Å². The van der Waals surface area contributed by atoms with Crippen molar-refractivity contribution in [2.75, 3.05) is 13.2 Å². The summed E-state index contributed by atoms with van der Waals surface area (Å²) >= 11 is 6.73. The van der Waals surface area contributed by atoms with Crippen molar-refractivity contribution >= 4 is 34.9 Å². The number of nitrogens with one attached hydrogen (secondary N) is 2. The first-order chi connectivity index (χ1) is 8.34. The van der Waals surface area contributed by atoms with Crippen molar-refractivity contribution in [2.45, 2.75) is 18.9 Å². The van der Waals surface area contributed by atoms with Crippen LogP contribution in [0.15, 0.2) is 22.6 Å². The Morgan fingerprint density at radius 1 is 1.71 bits per heavy atom. The molecule has 2 rings (SSSR count). The Balaban J connectivity index is 1.63. The summed E-state index contributed by atoms with van der Waals surface area (Å²) in [5, 5.41) is 9.68. The van der Waals surface area contributed by atoms with Gasteiger partial charge in [0.1, 0.15) is 0 Å². The molecule has 0 aliphatic carbocycles. The summed E-state index contributed by atoms with van der Waals surface area (Å²) in [5.74, 6) is 0. The molecule has 2 N–H and O–H groups in total. The van der Waals surface area contributed by atoms with Crippen LogP contribution in [-0.4, -0.2) is 30.6 Å². The predicted molar refractivity (Wildman–Crippen MR) is 74.6 cm³/mol. The second-order valence-corrected chi connectivity index (χ2v) is 5.12. The average molecular weight is 269 g/mol. The standard InChI is InChI=1S/C11H15N3OS2/c16-11(12-7-9-3-1-5-15-9)14-13-8-10-4-2-6-17-10/h2,4,6,8-9H,1,3,5,7H2,(H2,12,14,16)/b13-8-/t9-/m0/s1. The van der Waals surface area contributed by atoms with E-state index in [0.717, 1.165) is 30.9 Å². The first kappa shape index (κ1) is 12.5. The third kappa shape index (κ3) is 4.41. The zero-order chi connectivity index (χ0) is 11.9. The molecule has 1 atom stereocenters. The van der Waals surface area contributed by atoms with Gasteiger partial charge in [-0.2, -0.15) is 5.10 Å². The quantitative estimate of drug-likeness (QED) is 0.496. The fourth-order valence-electron chi connectivity index (χ4n) is 1.57. The minimum atomic E-state index is 0.288. The van der Waals surface area contributed by atoms with Crippen LogP contribution in [0.3, 0.4) is 0 Å². The Morgan fingerprint density at radius 3 is 3.35 bits per heavy atom. The molecule has 0 bridgehead atoms. The molecule has 0 amide bonds. The molecule has 1 aromatic rings. The predicted octanol–water partition coefficient (Wildman–Crippen LogP) is 1.73. The zero-order valence-electron chi connectivity index (χ0n) is 9.39. The smallest absolute Gasteiger partial charge is 0.187 e. The highest BCUT2D eigenvalue weighted by atomic mass is 32.1. The maximum atomic E-state index is 5.48. The van der Waals surface area contributed by atoms with E-state index in [9.17, 15) is 0 Å². The highest BCUT2D eigenvalue weighted by Gasteiger charge is 2.14. The van der Waals surface area contributed by atoms with Crippen molar-refractivity contribution in [3.8, 4) is 0 Å². The van der Waals surface area contributed by atoms with Crippen LogP contribution in [0.1, 0.15) is 17.7 Å². The monoisotopic (exact) mass is 269 g/mol. The Labute approximate surface area is 110 Å². The van der Waals surface area contributed by atoms with E-state index in [4.69, 9.17) is 17.0 Å². The molecule has 0 radical (unpaired) electrons. The molecular formula is C11H15N3OS2. The van der Waals surface area contributed by atoms with Crippen molar-refractivity contribution in [1.82, 2.24) is 10.7 Å². The van der Waals surface area contributed by atoms with Gasteiger partial charge in [-0.1, -0.05) is 6.07 Å². The summed E-state index contributed by atoms with van der Waals surface area (Å²) in [5.41, 5.74) is 2.79. The molecule has 1 aliphatic rings. The number of thiophene rings is 1. The van der Waals surface area contributed by atoms with E-state index in [1.54, 1.807) is 17.6 Å². The van der Waals surface area contributed by atoms with Gasteiger partial charge in [-0.05, 0) is 36.5 Å². The maximum absolute atomic E-state index is 5.48. The van der Waals surface area contributed by atoms with Gasteiger partial charge < -0.3 is 10.1 Å². The molecule has 0 saturated carbocycles. The molecular weight excluding hydrogens is 254 g/mol. The van der Waals surface area contributed by atoms with Gasteiger partial charge >= 0.3 is 0 Å². The molecule has 2 heterocycles. The summed E-state index contributed by atoms with van der Waals surface area (Å²) in [6.07, 6.45) is 4.29. The van der Waals surface area contributed by atoms with Gasteiger partial charge in [0, 0.05) is 18.0 Å². The number of ether oxygens (including phenoxy) is 1. The number of nitrogens with zero attached hydrogens (tertiary/aromatic N) is 1. The van der Waals surface area contributed by atoms with Crippen LogP contribution in [0.4, 0.5) is 0 Å². The Bertz CT molecular complexity index is 372. The van der Waals surface area contributed by atoms with Crippen LogP contribution in [0.25, 0.3) is 0 Å². The van der Waals surface area contributed by atoms with Crippen molar-refractivity contribution in [2.24, 2.45) is 5.10 Å². The van der Waals surface area contributed by atoms with Crippen molar-refractivity contribution in [1.29, 1.82) is 0 Å². The van der Waals surface area contributed by atoms with Crippen LogP contribution in [0.2, 0.25) is 0 Å². The second-order valence-electron chi connectivity index (χ2n) is 3.73. The fraction of sp³-hybridized carbons (Fsp3) is 0.455. The fourth-order valence-corrected chi connectivity index (χ4v) is 2.29. The summed E-state index contributed by atoms with van der Waals surface area (Å²) in [6, 6.07) is 3.98. The van der Waals surface area contributed by atoms with Crippen LogP contribution in [0, 0.1) is 0 Å². The number of thiocarbonyl (C=S) groups is 1. The number of hydrazone groups is 1. The normalized spacial score (nSPS) is 19.6. The second kappa shape index (κ2) is 6.68. The van der Waals surface area contributed by atoms with E-state index in [1.807, 2.05) is 17.5 Å². The SMILES string of the molecule is S=C(NC[C@@H]1CCCO1)N/N=C\c1cccs1. The summed E-state index contributed by atoms with van der Waals surface area (Å²) in [4.78, 5) is 1.10. The van der Waals surface area contributed by atoms with Gasteiger partial charge in [0.05, 0.1) is 12.3 Å². The molecule has 17 heavy (non-hydrogen) atoms. The van der Waals surface area contributed by atoms with E-state index in [1.165, 1.54) is 0 Å². The van der Waals surface area contributed by atoms with Crippen molar-refractivity contribution in [3.05, 3.63) is 22.4 Å². The number of hydrogen-bond acceptors (Lipinski definition) is 4. The lowest BCUT2D eigenvalue weighted by Crippen LogP contribution is -2.37. The zero-order valence-corrected chi connectivity index (χ0v) is 11.0. The van der Waals surface area contributed by atoms with Gasteiger partial charge in [0.2, 0.25) is 0 Å². The summed E-state index contributed by atoms with van der Waals surface area (Å²) in [7, 11) is 0. The highest BCUT2D eigenvalue weighted by molar-refractivity contribution is 7.80. The largest absolute Gasteiger partial charge is 0.376 e. The van der Waals surface area contributed by atoms with Gasteiger partial charge in [-0.3, -0.25) is 5.43 Å². The van der Waals surface area contributed by atoms with Crippen LogP contribution < -0.4 is 10.7 Å². The van der Waals surface area contributed by atoms with Gasteiger partial charge in [0.25, 0.3) is 0 Å². The molecule has 0 unspecified atom stereocenters. The van der Waals surface area contributed by atoms with E-state index < -0.39 is 0 Å². The van der Waals surface area contributed by atoms with E-state index in [0.29, 0.717) is 5.11 Å². The maximum Gasteiger partial charge on any atom is 0.187 e. The van der Waals surface area contributed by atoms with Gasteiger partial charge in [0.15, 0.2) is 5.11 Å². The Morgan fingerprint density at radius 2 is 2.65 bits per heavy atom. The molecule has 92 valence electrons. The highest BCUT2D eigenvalue weighted by Crippen LogP contribution is 2.10. The number of rotatable bonds is 4. The molecule has 6 heteroatoms. The van der Waals surface area contributed by atoms with E-state index in [-0.39, 0.29) is 6.10 Å². The Hall–Kier alpha value is -0.980. The van der Waals surface area contributed by atoms with Crippen molar-refractivity contribution < 1.29 is 4.74 Å². The molecule has 1 saturated heterocycles. The minimum absolute atomic E-state index is 0.288. The molecule has 1 aliphatic heterocycles. The molecule has 4 nitrogen and oxygen atoms in total. The third-order valence-electron chi connectivity index (χ3n) is 2.42. The molecule has 0 aromatic carbocycles. The minimum Gasteiger partial charge on any atom is -0.376 e. The lowest BCUT2D eigenvalue weighted by molar-refractivity contribution is 0.114. The molecule has 1 fully saturated rings. The lowest BCUT2D eigenvalue weighted by Gasteiger charge is -2.11. The molecule has 1 aromatic heterocycles. The van der Waals surface area contributed by atoms with Crippen LogP contribution in [0.5, 0.6) is 0 Å². The summed E-state index contributed by atoms with van der Waals surface area (Å²) < 4.78 is 5.48. The molecule has 0 spiro atoms. The van der Waals surface area contributed by atoms with Crippen LogP contribution >= 0.6 is 23.6 Å². The van der Waals surface area contributed by atoms with Crippen molar-refractivity contribution in [3.63, 3.8) is 0 Å². The first-order valence-electron chi connectivity index (χ1n) is 5.56. The summed E-state index contributed by atoms with van der Waals surface area (Å²) in [6.45, 7) is 1.61. The third-order valence-corrected chi connectivity index (χ3v) is 3.46. The van der Waals surface area contributed by atoms with Crippen LogP contribution in [-0.2, 0) is 4.74 Å². The van der Waals surface area contributed by atoms with Gasteiger partial charge in [-0.25, -0.2) is 0 Å². The number of hydrogen-bond donors (Lipinski definition) is 2. The Kier molecular flexibility index (Phi) is 4.90. The lowest BCUT2D eigenvalue weighted by atomic mass is 10.2.